The zero-order chi connectivity index (χ0) is 19.8. The van der Waals surface area contributed by atoms with E-state index in [9.17, 15) is 10.5 Å². The van der Waals surface area contributed by atoms with Gasteiger partial charge in [0.2, 0.25) is 0 Å². The Balaban J connectivity index is 1.87. The van der Waals surface area contributed by atoms with E-state index in [1.54, 1.807) is 6.07 Å². The van der Waals surface area contributed by atoms with Crippen LogP contribution < -0.4 is 0 Å². The fourth-order valence-electron chi connectivity index (χ4n) is 4.12. The molecule has 2 aromatic heterocycles. The number of hydrogen-bond acceptors (Lipinski definition) is 3. The molecule has 0 aliphatic heterocycles. The molecule has 1 aliphatic rings. The lowest BCUT2D eigenvalue weighted by Crippen LogP contribution is -2.05. The molecule has 0 radical (unpaired) electrons. The number of para-hydroxylation sites is 2. The summed E-state index contributed by atoms with van der Waals surface area (Å²) >= 11 is 0. The Labute approximate surface area is 168 Å². The number of benzene rings is 2. The number of pyridine rings is 1. The molecule has 4 aromatic rings. The summed E-state index contributed by atoms with van der Waals surface area (Å²) in [6.45, 7) is 0. The summed E-state index contributed by atoms with van der Waals surface area (Å²) in [5.74, 6) is 0. The molecule has 0 saturated carbocycles. The normalized spacial score (nSPS) is 13.6. The Morgan fingerprint density at radius 2 is 1.55 bits per heavy atom. The number of rotatable bonds is 2. The Kier molecular flexibility index (Phi) is 3.97. The van der Waals surface area contributed by atoms with Crippen LogP contribution in [-0.4, -0.2) is 9.55 Å². The maximum Gasteiger partial charge on any atom is 0.142 e. The van der Waals surface area contributed by atoms with Crippen LogP contribution in [-0.2, 0) is 0 Å². The minimum absolute atomic E-state index is 0.257. The number of nitrogens with zero attached hydrogens (tertiary/aromatic N) is 4. The first-order chi connectivity index (χ1) is 14.3. The van der Waals surface area contributed by atoms with Gasteiger partial charge in [0, 0.05) is 22.0 Å². The van der Waals surface area contributed by atoms with Gasteiger partial charge in [-0.25, -0.2) is 4.98 Å². The minimum Gasteiger partial charge on any atom is -0.312 e. The highest BCUT2D eigenvalue weighted by molar-refractivity contribution is 6.11. The second-order valence-electron chi connectivity index (χ2n) is 7.02. The first kappa shape index (κ1) is 17.0. The fraction of sp³-hybridized carbons (Fsp3) is 0.0800. The van der Waals surface area contributed by atoms with Crippen LogP contribution in [0.5, 0.6) is 0 Å². The summed E-state index contributed by atoms with van der Waals surface area (Å²) < 4.78 is 2.30. The van der Waals surface area contributed by atoms with Gasteiger partial charge >= 0.3 is 0 Å². The monoisotopic (exact) mass is 372 g/mol. The van der Waals surface area contributed by atoms with Crippen molar-refractivity contribution >= 4 is 33.1 Å². The molecule has 2 aromatic carbocycles. The fourth-order valence-corrected chi connectivity index (χ4v) is 4.12. The van der Waals surface area contributed by atoms with Crippen molar-refractivity contribution in [2.24, 2.45) is 0 Å². The summed E-state index contributed by atoms with van der Waals surface area (Å²) in [4.78, 5) is 4.51. The van der Waals surface area contributed by atoms with Crippen LogP contribution in [0.3, 0.4) is 0 Å². The molecule has 29 heavy (non-hydrogen) atoms. The lowest BCUT2D eigenvalue weighted by atomic mass is 9.98. The molecule has 4 nitrogen and oxygen atoms in total. The minimum atomic E-state index is 0.257. The molecule has 4 heteroatoms. The average Bonchev–Trinajstić information content (AvgIpc) is 3.13. The van der Waals surface area contributed by atoms with E-state index in [2.05, 4.69) is 82.4 Å². The van der Waals surface area contributed by atoms with Crippen molar-refractivity contribution in [2.45, 2.75) is 12.8 Å². The van der Waals surface area contributed by atoms with E-state index in [0.717, 1.165) is 35.1 Å². The van der Waals surface area contributed by atoms with E-state index in [-0.39, 0.29) is 5.69 Å². The summed E-state index contributed by atoms with van der Waals surface area (Å²) in [7, 11) is 0. The van der Waals surface area contributed by atoms with Gasteiger partial charge in [-0.3, -0.25) is 0 Å². The van der Waals surface area contributed by atoms with Crippen LogP contribution in [0, 0.1) is 22.7 Å². The van der Waals surface area contributed by atoms with E-state index < -0.39 is 0 Å². The maximum atomic E-state index is 9.39. The topological polar surface area (TPSA) is 65.4 Å². The van der Waals surface area contributed by atoms with E-state index in [1.165, 1.54) is 16.8 Å². The van der Waals surface area contributed by atoms with Gasteiger partial charge in [0.15, 0.2) is 0 Å². The summed E-state index contributed by atoms with van der Waals surface area (Å²) in [6, 6.07) is 24.3. The standard InChI is InChI=1S/C25H16N4/c26-15-17-13-18(16-27)28-22(14-17)21-9-3-6-12-25(21)29-23-10-4-1-7-19(23)20-8-2-5-11-24(20)29/h1-5,7-11,13-14H,6,12H2. The molecule has 5 rings (SSSR count). The highest BCUT2D eigenvalue weighted by Crippen LogP contribution is 2.38. The van der Waals surface area contributed by atoms with Gasteiger partial charge in [0.25, 0.3) is 0 Å². The molecule has 0 bridgehead atoms. The van der Waals surface area contributed by atoms with E-state index in [0.29, 0.717) is 11.3 Å². The molecular weight excluding hydrogens is 356 g/mol. The van der Waals surface area contributed by atoms with Crippen LogP contribution in [0.25, 0.3) is 33.1 Å². The quantitative estimate of drug-likeness (QED) is 0.456. The van der Waals surface area contributed by atoms with Gasteiger partial charge in [-0.15, -0.1) is 0 Å². The highest BCUT2D eigenvalue weighted by Gasteiger charge is 2.19. The second kappa shape index (κ2) is 6.78. The Hall–Kier alpha value is -4.15. The van der Waals surface area contributed by atoms with Crippen LogP contribution >= 0.6 is 0 Å². The maximum absolute atomic E-state index is 9.39. The predicted octanol–water partition coefficient (Wildman–Crippen LogP) is 5.65. The lowest BCUT2D eigenvalue weighted by Gasteiger charge is -2.19. The van der Waals surface area contributed by atoms with Crippen molar-refractivity contribution in [3.8, 4) is 12.1 Å². The SMILES string of the molecule is N#Cc1cc(C#N)nc(C2=C(n3c4ccccc4c4ccccc43)CCC=C2)c1. The number of aromatic nitrogens is 2. The first-order valence-corrected chi connectivity index (χ1v) is 9.51. The predicted molar refractivity (Wildman–Crippen MR) is 115 cm³/mol. The molecule has 2 heterocycles. The lowest BCUT2D eigenvalue weighted by molar-refractivity contribution is 0.980. The molecule has 0 saturated heterocycles. The molecule has 0 fully saturated rings. The van der Waals surface area contributed by atoms with E-state index >= 15 is 0 Å². The zero-order valence-corrected chi connectivity index (χ0v) is 15.6. The van der Waals surface area contributed by atoms with Gasteiger partial charge in [0.05, 0.1) is 28.4 Å². The van der Waals surface area contributed by atoms with Gasteiger partial charge in [-0.2, -0.15) is 10.5 Å². The van der Waals surface area contributed by atoms with Crippen molar-refractivity contribution in [3.63, 3.8) is 0 Å². The highest BCUT2D eigenvalue weighted by atomic mass is 15.0. The first-order valence-electron chi connectivity index (χ1n) is 9.51. The Morgan fingerprint density at radius 1 is 0.862 bits per heavy atom. The molecule has 0 unspecified atom stereocenters. The summed E-state index contributed by atoms with van der Waals surface area (Å²) in [5.41, 5.74) is 5.75. The van der Waals surface area contributed by atoms with Crippen molar-refractivity contribution in [1.82, 2.24) is 9.55 Å². The molecule has 0 atom stereocenters. The van der Waals surface area contributed by atoms with Gasteiger partial charge in [-0.05, 0) is 37.1 Å². The van der Waals surface area contributed by atoms with E-state index in [1.807, 2.05) is 0 Å². The van der Waals surface area contributed by atoms with Crippen molar-refractivity contribution in [3.05, 3.63) is 89.8 Å². The largest absolute Gasteiger partial charge is 0.312 e. The van der Waals surface area contributed by atoms with Crippen molar-refractivity contribution in [2.75, 3.05) is 0 Å². The number of hydrogen-bond donors (Lipinski definition) is 0. The van der Waals surface area contributed by atoms with Crippen LogP contribution in [0.4, 0.5) is 0 Å². The Morgan fingerprint density at radius 3 is 2.21 bits per heavy atom. The van der Waals surface area contributed by atoms with Gasteiger partial charge in [0.1, 0.15) is 11.8 Å². The third kappa shape index (κ3) is 2.71. The zero-order valence-electron chi connectivity index (χ0n) is 15.6. The van der Waals surface area contributed by atoms with Crippen LogP contribution in [0.2, 0.25) is 0 Å². The third-order valence-electron chi connectivity index (χ3n) is 5.34. The van der Waals surface area contributed by atoms with Gasteiger partial charge < -0.3 is 4.57 Å². The van der Waals surface area contributed by atoms with Gasteiger partial charge in [-0.1, -0.05) is 48.6 Å². The molecule has 0 N–H and O–H groups in total. The molecule has 0 spiro atoms. The average molecular weight is 372 g/mol. The number of nitriles is 2. The van der Waals surface area contributed by atoms with Crippen LogP contribution in [0.15, 0.2) is 72.8 Å². The molecule has 0 amide bonds. The van der Waals surface area contributed by atoms with E-state index in [4.69, 9.17) is 0 Å². The Bertz CT molecular complexity index is 1340. The summed E-state index contributed by atoms with van der Waals surface area (Å²) in [5, 5.41) is 21.2. The molecular formula is C25H16N4. The molecule has 1 aliphatic carbocycles. The number of allylic oxidation sites excluding steroid dienone is 4. The van der Waals surface area contributed by atoms with Crippen molar-refractivity contribution in [1.29, 1.82) is 10.5 Å². The summed E-state index contributed by atoms with van der Waals surface area (Å²) in [6.07, 6.45) is 5.98. The second-order valence-corrected chi connectivity index (χ2v) is 7.02. The molecule has 136 valence electrons. The van der Waals surface area contributed by atoms with Crippen LogP contribution in [0.1, 0.15) is 29.8 Å². The number of fused-ring (bicyclic) bond motifs is 3. The third-order valence-corrected chi connectivity index (χ3v) is 5.34. The van der Waals surface area contributed by atoms with Crippen molar-refractivity contribution < 1.29 is 0 Å². The smallest absolute Gasteiger partial charge is 0.142 e.